The van der Waals surface area contributed by atoms with E-state index >= 15 is 0 Å². The van der Waals surface area contributed by atoms with Gasteiger partial charge in [0.25, 0.3) is 0 Å². The lowest BCUT2D eigenvalue weighted by atomic mass is 9.53. The van der Waals surface area contributed by atoms with Crippen LogP contribution in [0.3, 0.4) is 0 Å². The highest BCUT2D eigenvalue weighted by atomic mass is 79.9. The Hall–Kier alpha value is -0.850. The average Bonchev–Trinajstić information content (AvgIpc) is 3.17. The number of halogens is 2. The summed E-state index contributed by atoms with van der Waals surface area (Å²) in [4.78, 5) is 15.8. The molecule has 6 heteroatoms. The maximum atomic E-state index is 12.9. The van der Waals surface area contributed by atoms with Gasteiger partial charge in [-0.3, -0.25) is 4.90 Å². The largest absolute Gasteiger partial charge is 0.466 e. The van der Waals surface area contributed by atoms with Crippen molar-refractivity contribution in [3.05, 3.63) is 39.5 Å². The number of esters is 1. The quantitative estimate of drug-likeness (QED) is 0.481. The van der Waals surface area contributed by atoms with Gasteiger partial charge in [0.05, 0.1) is 18.1 Å². The lowest BCUT2D eigenvalue weighted by Gasteiger charge is -2.56. The molecule has 27 heavy (non-hydrogen) atoms. The Morgan fingerprint density at radius 3 is 3.00 bits per heavy atom. The van der Waals surface area contributed by atoms with Gasteiger partial charge in [0, 0.05) is 33.3 Å². The van der Waals surface area contributed by atoms with Gasteiger partial charge in [0.2, 0.25) is 0 Å². The first-order valence-corrected chi connectivity index (χ1v) is 11.5. The molecule has 1 N–H and O–H groups in total. The highest BCUT2D eigenvalue weighted by molar-refractivity contribution is 9.10. The number of piperidine rings is 1. The van der Waals surface area contributed by atoms with Crippen LogP contribution in [-0.2, 0) is 14.9 Å². The molecule has 3 aliphatic heterocycles. The van der Waals surface area contributed by atoms with Gasteiger partial charge in [0.15, 0.2) is 0 Å². The van der Waals surface area contributed by atoms with E-state index in [-0.39, 0.29) is 21.6 Å². The van der Waals surface area contributed by atoms with Gasteiger partial charge in [0.1, 0.15) is 0 Å². The summed E-state index contributed by atoms with van der Waals surface area (Å²) in [7, 11) is 1.50. The Labute approximate surface area is 177 Å². The molecule has 144 valence electrons. The number of alkyl halides is 1. The van der Waals surface area contributed by atoms with Crippen LogP contribution in [0, 0.1) is 5.41 Å². The van der Waals surface area contributed by atoms with Gasteiger partial charge in [-0.1, -0.05) is 38.8 Å². The molecule has 4 atom stereocenters. The van der Waals surface area contributed by atoms with Crippen molar-refractivity contribution in [1.82, 2.24) is 4.90 Å². The van der Waals surface area contributed by atoms with Crippen LogP contribution in [0.1, 0.15) is 38.2 Å². The fourth-order valence-electron chi connectivity index (χ4n) is 6.47. The van der Waals surface area contributed by atoms with Crippen LogP contribution in [0.4, 0.5) is 5.69 Å². The monoisotopic (exact) mass is 494 g/mol. The van der Waals surface area contributed by atoms with Gasteiger partial charge in [-0.25, -0.2) is 4.79 Å². The Balaban J connectivity index is 1.86. The fourth-order valence-corrected chi connectivity index (χ4v) is 7.93. The summed E-state index contributed by atoms with van der Waals surface area (Å²) in [6, 6.07) is 6.86. The molecule has 2 fully saturated rings. The molecule has 0 radical (unpaired) electrons. The Morgan fingerprint density at radius 2 is 2.26 bits per heavy atom. The van der Waals surface area contributed by atoms with Crippen LogP contribution in [-0.4, -0.2) is 41.9 Å². The molecule has 4 nitrogen and oxygen atoms in total. The molecule has 1 aromatic carbocycles. The second-order valence-electron chi connectivity index (χ2n) is 8.39. The molecule has 2 saturated heterocycles. The first-order valence-electron chi connectivity index (χ1n) is 9.75. The number of hydrogen-bond donors (Lipinski definition) is 1. The van der Waals surface area contributed by atoms with E-state index in [1.54, 1.807) is 0 Å². The van der Waals surface area contributed by atoms with Crippen molar-refractivity contribution in [2.24, 2.45) is 5.41 Å². The number of benzene rings is 1. The second-order valence-corrected chi connectivity index (χ2v) is 10.4. The molecule has 1 aliphatic carbocycles. The number of nitrogens with zero attached hydrogens (tertiary/aromatic N) is 1. The number of anilines is 1. The van der Waals surface area contributed by atoms with Crippen molar-refractivity contribution in [2.75, 3.05) is 25.5 Å². The third-order valence-electron chi connectivity index (χ3n) is 7.45. The number of nitrogens with one attached hydrogen (secondary N) is 1. The first kappa shape index (κ1) is 18.2. The zero-order valence-electron chi connectivity index (χ0n) is 15.6. The predicted molar refractivity (Wildman–Crippen MR) is 113 cm³/mol. The normalized spacial score (nSPS) is 36.7. The lowest BCUT2D eigenvalue weighted by molar-refractivity contribution is -0.137. The van der Waals surface area contributed by atoms with Gasteiger partial charge < -0.3 is 10.1 Å². The molecule has 0 aromatic heterocycles. The zero-order valence-corrected chi connectivity index (χ0v) is 18.8. The Kier molecular flexibility index (Phi) is 4.09. The van der Waals surface area contributed by atoms with Crippen molar-refractivity contribution in [3.63, 3.8) is 0 Å². The van der Waals surface area contributed by atoms with Crippen molar-refractivity contribution in [3.8, 4) is 0 Å². The Bertz CT molecular complexity index is 870. The minimum atomic E-state index is -0.225. The molecular formula is C21H24Br2N2O2. The van der Waals surface area contributed by atoms with Gasteiger partial charge >= 0.3 is 5.97 Å². The number of ether oxygens (including phenoxy) is 1. The van der Waals surface area contributed by atoms with Crippen LogP contribution in [0.5, 0.6) is 0 Å². The summed E-state index contributed by atoms with van der Waals surface area (Å²) in [6.07, 6.45) is 4.25. The minimum Gasteiger partial charge on any atom is -0.466 e. The van der Waals surface area contributed by atoms with Gasteiger partial charge in [-0.2, -0.15) is 0 Å². The summed E-state index contributed by atoms with van der Waals surface area (Å²) >= 11 is 7.76. The van der Waals surface area contributed by atoms with E-state index in [0.29, 0.717) is 6.04 Å². The summed E-state index contributed by atoms with van der Waals surface area (Å²) < 4.78 is 6.34. The third kappa shape index (κ3) is 2.15. The molecule has 1 spiro atoms. The van der Waals surface area contributed by atoms with Crippen molar-refractivity contribution in [1.29, 1.82) is 0 Å². The maximum Gasteiger partial charge on any atom is 0.335 e. The van der Waals surface area contributed by atoms with E-state index in [2.05, 4.69) is 67.2 Å². The summed E-state index contributed by atoms with van der Waals surface area (Å²) in [5.74, 6) is -0.182. The van der Waals surface area contributed by atoms with E-state index < -0.39 is 0 Å². The molecule has 4 aliphatic rings. The van der Waals surface area contributed by atoms with E-state index in [1.807, 2.05) is 0 Å². The molecule has 0 amide bonds. The molecular weight excluding hydrogens is 472 g/mol. The van der Waals surface area contributed by atoms with E-state index in [9.17, 15) is 4.79 Å². The smallest absolute Gasteiger partial charge is 0.335 e. The Morgan fingerprint density at radius 1 is 1.44 bits per heavy atom. The molecule has 0 bridgehead atoms. The maximum absolute atomic E-state index is 12.9. The van der Waals surface area contributed by atoms with Crippen LogP contribution < -0.4 is 5.32 Å². The van der Waals surface area contributed by atoms with Crippen molar-refractivity contribution < 1.29 is 9.53 Å². The number of methoxy groups -OCH3 is 1. The minimum absolute atomic E-state index is 0.111. The molecule has 5 rings (SSSR count). The summed E-state index contributed by atoms with van der Waals surface area (Å²) in [5.41, 5.74) is 4.23. The van der Waals surface area contributed by atoms with E-state index in [0.717, 1.165) is 47.4 Å². The van der Waals surface area contributed by atoms with Crippen LogP contribution in [0.2, 0.25) is 0 Å². The zero-order chi connectivity index (χ0) is 19.0. The van der Waals surface area contributed by atoms with Crippen molar-refractivity contribution >= 4 is 43.5 Å². The SMILES string of the molecule is CC[C@]12CCCN3C[C@@H](Br)[C@]4(C(=C(C(=O)OC)C1)Nc1ccc(Br)cc14)[C@@H]32. The molecule has 3 heterocycles. The molecule has 1 aromatic rings. The molecule has 0 saturated carbocycles. The summed E-state index contributed by atoms with van der Waals surface area (Å²) in [6.45, 7) is 4.45. The number of hydrogen-bond acceptors (Lipinski definition) is 4. The van der Waals surface area contributed by atoms with Crippen LogP contribution in [0.15, 0.2) is 33.9 Å². The number of carbonyl (C=O) groups is 1. The average molecular weight is 496 g/mol. The number of carbonyl (C=O) groups excluding carboxylic acids is 1. The van der Waals surface area contributed by atoms with E-state index in [1.165, 1.54) is 25.5 Å². The fraction of sp³-hybridized carbons (Fsp3) is 0.571. The van der Waals surface area contributed by atoms with Crippen molar-refractivity contribution in [2.45, 2.75) is 48.9 Å². The van der Waals surface area contributed by atoms with Gasteiger partial charge in [-0.05, 0) is 61.4 Å². The summed E-state index contributed by atoms with van der Waals surface area (Å²) in [5, 5.41) is 3.65. The predicted octanol–water partition coefficient (Wildman–Crippen LogP) is 4.58. The van der Waals surface area contributed by atoms with Gasteiger partial charge in [-0.15, -0.1) is 0 Å². The molecule has 0 unspecified atom stereocenters. The third-order valence-corrected chi connectivity index (χ3v) is 8.96. The topological polar surface area (TPSA) is 41.6 Å². The van der Waals surface area contributed by atoms with Crippen LogP contribution >= 0.6 is 31.9 Å². The number of fused-ring (bicyclic) bond motifs is 1. The first-order chi connectivity index (χ1) is 13.0. The second kappa shape index (κ2) is 6.07. The van der Waals surface area contributed by atoms with E-state index in [4.69, 9.17) is 4.74 Å². The van der Waals surface area contributed by atoms with Crippen LogP contribution in [0.25, 0.3) is 0 Å². The number of rotatable bonds is 2. The highest BCUT2D eigenvalue weighted by Gasteiger charge is 2.69. The standard InChI is InChI=1S/C21H24Br2N2O2/c1-3-20-7-4-8-25-11-16(23)21(19(20)25)14-9-12(22)5-6-15(14)24-17(21)13(10-20)18(26)27-2/h5-6,9,16,19,24H,3-4,7-8,10-11H2,1-2H3/t16-,19+,20+,21-/m1/s1. The highest BCUT2D eigenvalue weighted by Crippen LogP contribution is 2.66. The lowest BCUT2D eigenvalue weighted by Crippen LogP contribution is -2.61.